The molecule has 0 spiro atoms. The second-order valence-electron chi connectivity index (χ2n) is 4.85. The highest BCUT2D eigenvalue weighted by Gasteiger charge is 2.38. The highest BCUT2D eigenvalue weighted by Crippen LogP contribution is 2.36. The number of anilines is 1. The number of hydrogen-bond acceptors (Lipinski definition) is 4. The number of benzene rings is 1. The first kappa shape index (κ1) is 14.0. The number of nitro groups is 1. The minimum atomic E-state index is -0.806. The average Bonchev–Trinajstić information content (AvgIpc) is 2.63. The van der Waals surface area contributed by atoms with Gasteiger partial charge in [0.05, 0.1) is 27.7 Å². The molecule has 19 heavy (non-hydrogen) atoms. The standard InChI is InChI=1S/C12H14ClFN2O3/c1-7-12(2,3-4-19-7)15-10-5-8(13)9(14)6-11(10)16(17)18/h5-7,15H,3-4H2,1-2H3. The smallest absolute Gasteiger partial charge is 0.295 e. The number of nitrogens with one attached hydrogen (secondary N) is 1. The summed E-state index contributed by atoms with van der Waals surface area (Å²) in [5.41, 5.74) is -0.565. The van der Waals surface area contributed by atoms with Gasteiger partial charge in [0.1, 0.15) is 11.5 Å². The van der Waals surface area contributed by atoms with E-state index in [-0.39, 0.29) is 22.5 Å². The van der Waals surface area contributed by atoms with Crippen molar-refractivity contribution in [1.82, 2.24) is 0 Å². The number of nitrogens with zero attached hydrogens (tertiary/aromatic N) is 1. The molecule has 1 N–H and O–H groups in total. The largest absolute Gasteiger partial charge is 0.376 e. The molecule has 0 amide bonds. The molecule has 2 unspecified atom stereocenters. The molecule has 5 nitrogen and oxygen atoms in total. The Labute approximate surface area is 114 Å². The van der Waals surface area contributed by atoms with Gasteiger partial charge < -0.3 is 10.1 Å². The van der Waals surface area contributed by atoms with Gasteiger partial charge in [-0.15, -0.1) is 0 Å². The van der Waals surface area contributed by atoms with E-state index >= 15 is 0 Å². The van der Waals surface area contributed by atoms with Crippen molar-refractivity contribution >= 4 is 23.0 Å². The third-order valence-electron chi connectivity index (χ3n) is 3.54. The first-order valence-electron chi connectivity index (χ1n) is 5.87. The molecular formula is C12H14ClFN2O3. The molecule has 0 aromatic heterocycles. The SMILES string of the molecule is CC1OCCC1(C)Nc1cc(Cl)c(F)cc1[N+](=O)[O-]. The predicted octanol–water partition coefficient (Wildman–Crippen LogP) is 3.37. The van der Waals surface area contributed by atoms with Crippen molar-refractivity contribution in [3.63, 3.8) is 0 Å². The summed E-state index contributed by atoms with van der Waals surface area (Å²) in [6, 6.07) is 2.07. The van der Waals surface area contributed by atoms with Crippen molar-refractivity contribution < 1.29 is 14.1 Å². The number of hydrogen-bond donors (Lipinski definition) is 1. The van der Waals surface area contributed by atoms with Crippen LogP contribution in [0.3, 0.4) is 0 Å². The molecule has 1 aromatic carbocycles. The second-order valence-corrected chi connectivity index (χ2v) is 5.25. The van der Waals surface area contributed by atoms with Gasteiger partial charge in [0.25, 0.3) is 5.69 Å². The summed E-state index contributed by atoms with van der Waals surface area (Å²) in [4.78, 5) is 10.3. The van der Waals surface area contributed by atoms with E-state index in [9.17, 15) is 14.5 Å². The number of nitro benzene ring substituents is 1. The van der Waals surface area contributed by atoms with E-state index in [1.807, 2.05) is 13.8 Å². The molecule has 7 heteroatoms. The lowest BCUT2D eigenvalue weighted by Crippen LogP contribution is -2.41. The van der Waals surface area contributed by atoms with Gasteiger partial charge in [0.15, 0.2) is 0 Å². The Balaban J connectivity index is 2.39. The van der Waals surface area contributed by atoms with E-state index in [0.29, 0.717) is 13.0 Å². The number of ether oxygens (including phenoxy) is 1. The zero-order valence-corrected chi connectivity index (χ0v) is 11.3. The van der Waals surface area contributed by atoms with Gasteiger partial charge in [-0.25, -0.2) is 4.39 Å². The van der Waals surface area contributed by atoms with E-state index in [1.54, 1.807) is 0 Å². The van der Waals surface area contributed by atoms with E-state index in [4.69, 9.17) is 16.3 Å². The summed E-state index contributed by atoms with van der Waals surface area (Å²) in [5, 5.41) is 13.9. The van der Waals surface area contributed by atoms with Crippen LogP contribution in [0.25, 0.3) is 0 Å². The van der Waals surface area contributed by atoms with Crippen LogP contribution in [0, 0.1) is 15.9 Å². The van der Waals surface area contributed by atoms with Crippen LogP contribution in [0.5, 0.6) is 0 Å². The van der Waals surface area contributed by atoms with Gasteiger partial charge in [-0.1, -0.05) is 11.6 Å². The fourth-order valence-corrected chi connectivity index (χ4v) is 2.26. The zero-order valence-electron chi connectivity index (χ0n) is 10.6. The molecule has 1 aromatic rings. The van der Waals surface area contributed by atoms with Gasteiger partial charge in [0.2, 0.25) is 0 Å². The van der Waals surface area contributed by atoms with Crippen LogP contribution in [0.4, 0.5) is 15.8 Å². The van der Waals surface area contributed by atoms with E-state index in [0.717, 1.165) is 6.07 Å². The first-order valence-corrected chi connectivity index (χ1v) is 6.24. The maximum absolute atomic E-state index is 13.3. The topological polar surface area (TPSA) is 64.4 Å². The summed E-state index contributed by atoms with van der Waals surface area (Å²) in [6.45, 7) is 4.37. The summed E-state index contributed by atoms with van der Waals surface area (Å²) in [7, 11) is 0. The molecule has 2 atom stereocenters. The van der Waals surface area contributed by atoms with Gasteiger partial charge in [-0.05, 0) is 26.3 Å². The molecule has 2 rings (SSSR count). The van der Waals surface area contributed by atoms with Crippen molar-refractivity contribution in [1.29, 1.82) is 0 Å². The number of rotatable bonds is 3. The predicted molar refractivity (Wildman–Crippen MR) is 70.1 cm³/mol. The maximum atomic E-state index is 13.3. The number of halogens is 2. The normalized spacial score (nSPS) is 26.4. The van der Waals surface area contributed by atoms with Crippen molar-refractivity contribution in [2.45, 2.75) is 31.9 Å². The van der Waals surface area contributed by atoms with E-state index in [2.05, 4.69) is 5.32 Å². The Hall–Kier alpha value is -1.40. The Morgan fingerprint density at radius 2 is 2.32 bits per heavy atom. The summed E-state index contributed by atoms with van der Waals surface area (Å²) >= 11 is 5.69. The Morgan fingerprint density at radius 1 is 1.63 bits per heavy atom. The fourth-order valence-electron chi connectivity index (χ4n) is 2.09. The van der Waals surface area contributed by atoms with Crippen molar-refractivity contribution in [2.24, 2.45) is 0 Å². The van der Waals surface area contributed by atoms with E-state index in [1.165, 1.54) is 6.07 Å². The van der Waals surface area contributed by atoms with Crippen LogP contribution in [0.15, 0.2) is 12.1 Å². The zero-order chi connectivity index (χ0) is 14.2. The van der Waals surface area contributed by atoms with E-state index < -0.39 is 16.3 Å². The van der Waals surface area contributed by atoms with Crippen LogP contribution in [-0.4, -0.2) is 23.2 Å². The van der Waals surface area contributed by atoms with Gasteiger partial charge >= 0.3 is 0 Å². The summed E-state index contributed by atoms with van der Waals surface area (Å²) in [5.74, 6) is -0.806. The fraction of sp³-hybridized carbons (Fsp3) is 0.500. The van der Waals surface area contributed by atoms with Crippen molar-refractivity contribution in [3.05, 3.63) is 33.1 Å². The lowest BCUT2D eigenvalue weighted by Gasteiger charge is -2.30. The molecule has 0 aliphatic carbocycles. The Bertz CT molecular complexity index is 526. The average molecular weight is 289 g/mol. The van der Waals surface area contributed by atoms with Crippen LogP contribution < -0.4 is 5.32 Å². The Kier molecular flexibility index (Phi) is 3.64. The van der Waals surface area contributed by atoms with Gasteiger partial charge in [-0.3, -0.25) is 10.1 Å². The lowest BCUT2D eigenvalue weighted by molar-refractivity contribution is -0.384. The molecule has 0 radical (unpaired) electrons. The summed E-state index contributed by atoms with van der Waals surface area (Å²) in [6.07, 6.45) is 0.608. The minimum Gasteiger partial charge on any atom is -0.376 e. The molecule has 1 fully saturated rings. The van der Waals surface area contributed by atoms with Crippen molar-refractivity contribution in [2.75, 3.05) is 11.9 Å². The first-order chi connectivity index (χ1) is 8.83. The molecule has 104 valence electrons. The van der Waals surface area contributed by atoms with Crippen LogP contribution >= 0.6 is 11.6 Å². The van der Waals surface area contributed by atoms with Gasteiger partial charge in [-0.2, -0.15) is 0 Å². The monoisotopic (exact) mass is 288 g/mol. The highest BCUT2D eigenvalue weighted by atomic mass is 35.5. The van der Waals surface area contributed by atoms with Crippen LogP contribution in [-0.2, 0) is 4.74 Å². The molecular weight excluding hydrogens is 275 g/mol. The van der Waals surface area contributed by atoms with Crippen LogP contribution in [0.2, 0.25) is 5.02 Å². The third kappa shape index (κ3) is 2.64. The molecule has 0 saturated carbocycles. The molecule has 1 aliphatic rings. The summed E-state index contributed by atoms with van der Waals surface area (Å²) < 4.78 is 18.8. The van der Waals surface area contributed by atoms with Gasteiger partial charge in [0, 0.05) is 6.61 Å². The Morgan fingerprint density at radius 3 is 2.84 bits per heavy atom. The quantitative estimate of drug-likeness (QED) is 0.684. The molecule has 1 heterocycles. The second kappa shape index (κ2) is 4.94. The highest BCUT2D eigenvalue weighted by molar-refractivity contribution is 6.31. The van der Waals surface area contributed by atoms with Crippen molar-refractivity contribution in [3.8, 4) is 0 Å². The molecule has 1 saturated heterocycles. The molecule has 1 aliphatic heterocycles. The molecule has 0 bridgehead atoms. The third-order valence-corrected chi connectivity index (χ3v) is 3.83. The lowest BCUT2D eigenvalue weighted by atomic mass is 9.94. The maximum Gasteiger partial charge on any atom is 0.295 e. The van der Waals surface area contributed by atoms with Crippen LogP contribution in [0.1, 0.15) is 20.3 Å². The minimum absolute atomic E-state index is 0.101.